The highest BCUT2D eigenvalue weighted by Crippen LogP contribution is 2.23. The molecule has 0 aromatic carbocycles. The summed E-state index contributed by atoms with van der Waals surface area (Å²) in [7, 11) is 0. The molecule has 17 heavy (non-hydrogen) atoms. The van der Waals surface area contributed by atoms with Crippen molar-refractivity contribution in [3.8, 4) is 0 Å². The molecular weight excluding hydrogens is 248 g/mol. The number of nitrogens with one attached hydrogen (secondary N) is 1. The molecule has 0 saturated carbocycles. The van der Waals surface area contributed by atoms with E-state index in [9.17, 15) is 9.59 Å². The van der Waals surface area contributed by atoms with Crippen LogP contribution in [0.15, 0.2) is 24.9 Å². The number of hydrogen-bond donors (Lipinski definition) is 2. The highest BCUT2D eigenvalue weighted by atomic mass is 35.5. The van der Waals surface area contributed by atoms with Crippen molar-refractivity contribution in [1.29, 1.82) is 0 Å². The molecule has 6 nitrogen and oxygen atoms in total. The molecule has 1 rings (SSSR count). The second kappa shape index (κ2) is 5.86. The number of nitrogens with zero attached hydrogens (tertiary/aromatic N) is 1. The summed E-state index contributed by atoms with van der Waals surface area (Å²) >= 11 is 5.69. The van der Waals surface area contributed by atoms with E-state index in [1.54, 1.807) is 0 Å². The fourth-order valence-electron chi connectivity index (χ4n) is 1.01. The number of carboxylic acid groups (broad SMARTS) is 1. The number of carboxylic acids is 1. The van der Waals surface area contributed by atoms with Crippen molar-refractivity contribution in [2.45, 2.75) is 0 Å². The Kier molecular flexibility index (Phi) is 4.47. The number of anilines is 1. The maximum atomic E-state index is 11.2. The fourth-order valence-corrected chi connectivity index (χ4v) is 1.21. The minimum absolute atomic E-state index is 0.00607. The third-order valence-corrected chi connectivity index (χ3v) is 1.98. The van der Waals surface area contributed by atoms with E-state index in [-0.39, 0.29) is 23.0 Å². The number of hydrogen-bond acceptors (Lipinski definition) is 4. The van der Waals surface area contributed by atoms with Gasteiger partial charge in [-0.15, -0.1) is 0 Å². The standard InChI is InChI=1S/C10H9ClN2O4/c1-2-5-17-10(16)13-7-6(9(14)15)3-4-12-8(7)11/h2-4H,1,5H2,(H,13,16)(H,14,15). The minimum atomic E-state index is -1.23. The molecule has 0 bridgehead atoms. The van der Waals surface area contributed by atoms with E-state index in [0.29, 0.717) is 0 Å². The lowest BCUT2D eigenvalue weighted by atomic mass is 10.2. The Morgan fingerprint density at radius 3 is 2.94 bits per heavy atom. The minimum Gasteiger partial charge on any atom is -0.478 e. The molecule has 0 radical (unpaired) electrons. The van der Waals surface area contributed by atoms with Gasteiger partial charge < -0.3 is 9.84 Å². The van der Waals surface area contributed by atoms with Gasteiger partial charge in [-0.05, 0) is 6.07 Å². The van der Waals surface area contributed by atoms with Crippen LogP contribution >= 0.6 is 11.6 Å². The van der Waals surface area contributed by atoms with E-state index in [2.05, 4.69) is 21.6 Å². The van der Waals surface area contributed by atoms with Gasteiger partial charge in [0.1, 0.15) is 6.61 Å². The molecular formula is C10H9ClN2O4. The van der Waals surface area contributed by atoms with Crippen LogP contribution in [0.3, 0.4) is 0 Å². The van der Waals surface area contributed by atoms with Crippen LogP contribution in [0, 0.1) is 0 Å². The molecule has 0 aliphatic rings. The zero-order valence-corrected chi connectivity index (χ0v) is 9.40. The third-order valence-electron chi connectivity index (χ3n) is 1.69. The summed E-state index contributed by atoms with van der Waals surface area (Å²) in [6.07, 6.45) is 1.77. The van der Waals surface area contributed by atoms with Crippen LogP contribution in [0.4, 0.5) is 10.5 Å². The van der Waals surface area contributed by atoms with Gasteiger partial charge in [0.25, 0.3) is 0 Å². The fraction of sp³-hybridized carbons (Fsp3) is 0.100. The first kappa shape index (κ1) is 13.0. The molecule has 0 aliphatic carbocycles. The highest BCUT2D eigenvalue weighted by molar-refractivity contribution is 6.33. The number of aromatic nitrogens is 1. The Hall–Kier alpha value is -2.08. The van der Waals surface area contributed by atoms with Crippen LogP contribution in [0.2, 0.25) is 5.15 Å². The lowest BCUT2D eigenvalue weighted by Crippen LogP contribution is -2.16. The van der Waals surface area contributed by atoms with Crippen molar-refractivity contribution in [1.82, 2.24) is 4.98 Å². The van der Waals surface area contributed by atoms with E-state index in [0.717, 1.165) is 0 Å². The topological polar surface area (TPSA) is 88.5 Å². The number of halogens is 1. The molecule has 0 saturated heterocycles. The number of carbonyl (C=O) groups is 2. The molecule has 0 atom stereocenters. The second-order valence-corrected chi connectivity index (χ2v) is 3.20. The zero-order chi connectivity index (χ0) is 12.8. The van der Waals surface area contributed by atoms with Crippen LogP contribution in [-0.2, 0) is 4.74 Å². The molecule has 0 aliphatic heterocycles. The number of pyridine rings is 1. The third kappa shape index (κ3) is 3.46. The largest absolute Gasteiger partial charge is 0.478 e. The zero-order valence-electron chi connectivity index (χ0n) is 8.64. The van der Waals surface area contributed by atoms with Crippen molar-refractivity contribution in [2.24, 2.45) is 0 Å². The Morgan fingerprint density at radius 1 is 1.65 bits per heavy atom. The molecule has 1 heterocycles. The average Bonchev–Trinajstić information content (AvgIpc) is 2.28. The predicted octanol–water partition coefficient (Wildman–Crippen LogP) is 2.17. The number of carbonyl (C=O) groups excluding carboxylic acids is 1. The van der Waals surface area contributed by atoms with Gasteiger partial charge in [0.05, 0.1) is 11.3 Å². The first-order valence-corrected chi connectivity index (χ1v) is 4.86. The average molecular weight is 257 g/mol. The molecule has 0 unspecified atom stereocenters. The van der Waals surface area contributed by atoms with Crippen LogP contribution in [0.25, 0.3) is 0 Å². The lowest BCUT2D eigenvalue weighted by Gasteiger charge is -2.09. The summed E-state index contributed by atoms with van der Waals surface area (Å²) in [5, 5.41) is 11.0. The Bertz CT molecular complexity index is 462. The van der Waals surface area contributed by atoms with Crippen molar-refractivity contribution in [3.05, 3.63) is 35.6 Å². The molecule has 0 spiro atoms. The quantitative estimate of drug-likeness (QED) is 0.637. The molecule has 90 valence electrons. The SMILES string of the molecule is C=CCOC(=O)Nc1c(C(=O)O)ccnc1Cl. The van der Waals surface area contributed by atoms with Crippen LogP contribution < -0.4 is 5.32 Å². The maximum Gasteiger partial charge on any atom is 0.412 e. The number of amides is 1. The van der Waals surface area contributed by atoms with E-state index in [1.807, 2.05) is 0 Å². The van der Waals surface area contributed by atoms with Crippen LogP contribution in [0.5, 0.6) is 0 Å². The summed E-state index contributed by atoms with van der Waals surface area (Å²) in [5.74, 6) is -1.23. The van der Waals surface area contributed by atoms with Gasteiger partial charge in [-0.1, -0.05) is 24.3 Å². The van der Waals surface area contributed by atoms with E-state index in [1.165, 1.54) is 18.3 Å². The van der Waals surface area contributed by atoms with Gasteiger partial charge in [0.15, 0.2) is 5.15 Å². The van der Waals surface area contributed by atoms with E-state index < -0.39 is 12.1 Å². The van der Waals surface area contributed by atoms with Gasteiger partial charge in [-0.3, -0.25) is 5.32 Å². The van der Waals surface area contributed by atoms with Gasteiger partial charge in [-0.25, -0.2) is 14.6 Å². The Morgan fingerprint density at radius 2 is 2.35 bits per heavy atom. The van der Waals surface area contributed by atoms with E-state index >= 15 is 0 Å². The second-order valence-electron chi connectivity index (χ2n) is 2.84. The predicted molar refractivity (Wildman–Crippen MR) is 61.4 cm³/mol. The first-order valence-electron chi connectivity index (χ1n) is 4.48. The lowest BCUT2D eigenvalue weighted by molar-refractivity contribution is 0.0698. The first-order chi connectivity index (χ1) is 8.06. The van der Waals surface area contributed by atoms with Crippen LogP contribution in [0.1, 0.15) is 10.4 Å². The summed E-state index contributed by atoms with van der Waals surface area (Å²) in [5.41, 5.74) is -0.267. The number of ether oxygens (including phenoxy) is 1. The van der Waals surface area contributed by atoms with Gasteiger partial charge in [0.2, 0.25) is 0 Å². The Balaban J connectivity index is 2.92. The van der Waals surface area contributed by atoms with Gasteiger partial charge >= 0.3 is 12.1 Å². The molecule has 1 aromatic rings. The summed E-state index contributed by atoms with van der Waals surface area (Å²) in [4.78, 5) is 25.8. The molecule has 7 heteroatoms. The normalized spacial score (nSPS) is 9.47. The summed E-state index contributed by atoms with van der Waals surface area (Å²) in [6, 6.07) is 1.22. The molecule has 1 amide bonds. The molecule has 2 N–H and O–H groups in total. The molecule has 0 fully saturated rings. The van der Waals surface area contributed by atoms with Crippen molar-refractivity contribution in [3.63, 3.8) is 0 Å². The number of aromatic carboxylic acids is 1. The summed E-state index contributed by atoms with van der Waals surface area (Å²) < 4.78 is 4.64. The Labute approximate surface area is 102 Å². The molecule has 1 aromatic heterocycles. The van der Waals surface area contributed by atoms with Crippen LogP contribution in [-0.4, -0.2) is 28.8 Å². The highest BCUT2D eigenvalue weighted by Gasteiger charge is 2.16. The van der Waals surface area contributed by atoms with Gasteiger partial charge in [0, 0.05) is 6.20 Å². The van der Waals surface area contributed by atoms with Crippen molar-refractivity contribution >= 4 is 29.4 Å². The van der Waals surface area contributed by atoms with Crippen molar-refractivity contribution in [2.75, 3.05) is 11.9 Å². The number of rotatable bonds is 4. The maximum absolute atomic E-state index is 11.2. The van der Waals surface area contributed by atoms with Crippen molar-refractivity contribution < 1.29 is 19.4 Å². The smallest absolute Gasteiger partial charge is 0.412 e. The van der Waals surface area contributed by atoms with Gasteiger partial charge in [-0.2, -0.15) is 0 Å². The summed E-state index contributed by atoms with van der Waals surface area (Å²) in [6.45, 7) is 3.37. The van der Waals surface area contributed by atoms with E-state index in [4.69, 9.17) is 16.7 Å². The monoisotopic (exact) mass is 256 g/mol.